The van der Waals surface area contributed by atoms with Gasteiger partial charge >= 0.3 is 0 Å². The zero-order chi connectivity index (χ0) is 32.5. The van der Waals surface area contributed by atoms with Gasteiger partial charge in [-0.05, 0) is 37.3 Å². The van der Waals surface area contributed by atoms with Crippen molar-refractivity contribution in [1.82, 2.24) is 19.4 Å². The van der Waals surface area contributed by atoms with E-state index in [4.69, 9.17) is 11.6 Å². The van der Waals surface area contributed by atoms with Gasteiger partial charge in [-0.2, -0.15) is 0 Å². The van der Waals surface area contributed by atoms with E-state index in [1.165, 1.54) is 19.3 Å². The summed E-state index contributed by atoms with van der Waals surface area (Å²) < 4.78 is 31.8. The van der Waals surface area contributed by atoms with Crippen molar-refractivity contribution in [2.45, 2.75) is 32.1 Å². The predicted molar refractivity (Wildman–Crippen MR) is 172 cm³/mol. The second-order valence-electron chi connectivity index (χ2n) is 11.0. The summed E-state index contributed by atoms with van der Waals surface area (Å²) in [7, 11) is 4.06. The molecule has 233 valence electrons. The van der Waals surface area contributed by atoms with Gasteiger partial charge in [-0.15, -0.1) is 0 Å². The Morgan fingerprint density at radius 2 is 1.78 bits per heavy atom. The van der Waals surface area contributed by atoms with Crippen molar-refractivity contribution in [3.8, 4) is 11.1 Å². The minimum Gasteiger partial charge on any atom is -0.337 e. The van der Waals surface area contributed by atoms with Gasteiger partial charge in [0.15, 0.2) is 11.6 Å². The number of benzene rings is 3. The Kier molecular flexibility index (Phi) is 8.50. The van der Waals surface area contributed by atoms with Crippen LogP contribution in [0.4, 0.5) is 25.8 Å². The molecule has 1 N–H and O–H groups in total. The summed E-state index contributed by atoms with van der Waals surface area (Å²) in [4.78, 5) is 50.4. The molecule has 2 amide bonds. The molecule has 12 heteroatoms. The first-order chi connectivity index (χ1) is 22.1. The number of fused-ring (bicyclic) bond motifs is 1. The van der Waals surface area contributed by atoms with Gasteiger partial charge < -0.3 is 19.7 Å². The predicted octanol–water partition coefficient (Wildman–Crippen LogP) is 6.60. The summed E-state index contributed by atoms with van der Waals surface area (Å²) in [6.07, 6.45) is 4.50. The first-order valence-electron chi connectivity index (χ1n) is 14.4. The zero-order valence-electron chi connectivity index (χ0n) is 24.7. The Hall–Kier alpha value is -5.16. The van der Waals surface area contributed by atoms with E-state index in [9.17, 15) is 18.8 Å². The summed E-state index contributed by atoms with van der Waals surface area (Å²) >= 11 is 6.26. The summed E-state index contributed by atoms with van der Waals surface area (Å²) in [5.74, 6) is -2.15. The van der Waals surface area contributed by atoms with E-state index in [0.29, 0.717) is 38.4 Å². The lowest BCUT2D eigenvalue weighted by Crippen LogP contribution is -2.44. The number of halogens is 3. The van der Waals surface area contributed by atoms with Crippen LogP contribution in [0.3, 0.4) is 0 Å². The third kappa shape index (κ3) is 5.93. The molecule has 5 aromatic rings. The van der Waals surface area contributed by atoms with E-state index in [2.05, 4.69) is 22.3 Å². The molecule has 46 heavy (non-hydrogen) atoms. The van der Waals surface area contributed by atoms with Gasteiger partial charge in [0.25, 0.3) is 0 Å². The Morgan fingerprint density at radius 1 is 1.04 bits per heavy atom. The van der Waals surface area contributed by atoms with E-state index in [0.717, 1.165) is 4.90 Å². The Balaban J connectivity index is 1.24. The molecule has 3 heterocycles. The fraction of sp³-hybridized carbons (Fsp3) is 0.176. The van der Waals surface area contributed by atoms with Crippen molar-refractivity contribution in [3.63, 3.8) is 0 Å². The van der Waals surface area contributed by atoms with Crippen molar-refractivity contribution in [3.05, 3.63) is 109 Å². The van der Waals surface area contributed by atoms with Gasteiger partial charge in [-0.1, -0.05) is 41.9 Å². The second kappa shape index (κ2) is 12.7. The van der Waals surface area contributed by atoms with E-state index in [1.54, 1.807) is 82.7 Å². The summed E-state index contributed by atoms with van der Waals surface area (Å²) in [6.45, 7) is 0.878. The largest absolute Gasteiger partial charge is 0.337 e. The number of nitrogens with zero attached hydrogens (tertiary/aromatic N) is 5. The number of Topliss-reactive ketones (excluding diaryl/α,β-unsaturated/α-hetero) is 1. The minimum atomic E-state index is -1.44. The SMILES string of the molecule is [CH2]N(c1cncnc1)c1ccc2c(c1)c(C(C)=O)cn2CC(=O)N1C[C@H](F)C[C@H]1C(=O)Nc1cccc(-c2ccccc2Cl)c1F. The number of nitrogens with one attached hydrogen (secondary N) is 1. The Labute approximate surface area is 268 Å². The molecule has 9 nitrogen and oxygen atoms in total. The summed E-state index contributed by atoms with van der Waals surface area (Å²) in [5, 5.41) is 3.48. The molecule has 0 unspecified atom stereocenters. The first kappa shape index (κ1) is 30.8. The lowest BCUT2D eigenvalue weighted by molar-refractivity contribution is -0.137. The molecule has 3 aromatic carbocycles. The molecule has 1 radical (unpaired) electrons. The third-order valence-electron chi connectivity index (χ3n) is 8.01. The fourth-order valence-corrected chi connectivity index (χ4v) is 5.96. The number of alkyl halides is 1. The van der Waals surface area contributed by atoms with Gasteiger partial charge in [-0.25, -0.2) is 18.7 Å². The maximum atomic E-state index is 15.5. The molecule has 0 bridgehead atoms. The van der Waals surface area contributed by atoms with Crippen molar-refractivity contribution < 1.29 is 23.2 Å². The van der Waals surface area contributed by atoms with E-state index >= 15 is 4.39 Å². The van der Waals surface area contributed by atoms with E-state index in [-0.39, 0.29) is 36.5 Å². The molecular weight excluding hydrogens is 614 g/mol. The highest BCUT2D eigenvalue weighted by Gasteiger charge is 2.40. The normalized spacial score (nSPS) is 16.1. The quantitative estimate of drug-likeness (QED) is 0.192. The number of aromatic nitrogens is 3. The first-order valence-corrected chi connectivity index (χ1v) is 14.8. The van der Waals surface area contributed by atoms with Crippen LogP contribution in [0.2, 0.25) is 5.02 Å². The van der Waals surface area contributed by atoms with Crippen LogP contribution >= 0.6 is 11.6 Å². The molecule has 2 atom stereocenters. The number of ketones is 1. The molecule has 1 fully saturated rings. The molecule has 0 saturated carbocycles. The van der Waals surface area contributed by atoms with Crippen LogP contribution in [-0.4, -0.2) is 55.8 Å². The fourth-order valence-electron chi connectivity index (χ4n) is 5.72. The number of hydrogen-bond donors (Lipinski definition) is 1. The molecule has 1 aliphatic rings. The molecule has 0 aliphatic carbocycles. The summed E-state index contributed by atoms with van der Waals surface area (Å²) in [5.41, 5.74) is 2.80. The smallest absolute Gasteiger partial charge is 0.247 e. The maximum absolute atomic E-state index is 15.5. The van der Waals surface area contributed by atoms with Crippen LogP contribution in [0, 0.1) is 12.9 Å². The number of anilines is 3. The number of rotatable bonds is 8. The van der Waals surface area contributed by atoms with Crippen LogP contribution < -0.4 is 10.2 Å². The highest BCUT2D eigenvalue weighted by Crippen LogP contribution is 2.34. The molecule has 2 aromatic heterocycles. The number of amides is 2. The van der Waals surface area contributed by atoms with Gasteiger partial charge in [0, 0.05) is 58.0 Å². The van der Waals surface area contributed by atoms with E-state index < -0.39 is 29.8 Å². The molecule has 0 spiro atoms. The minimum absolute atomic E-state index is 0.114. The number of likely N-dealkylation sites (tertiary alicyclic amines) is 1. The number of carbonyl (C=O) groups excluding carboxylic acids is 3. The van der Waals surface area contributed by atoms with Crippen molar-refractivity contribution in [2.24, 2.45) is 0 Å². The van der Waals surface area contributed by atoms with E-state index in [1.807, 2.05) is 0 Å². The third-order valence-corrected chi connectivity index (χ3v) is 8.34. The average Bonchev–Trinajstić information content (AvgIpc) is 3.63. The molecule has 1 aliphatic heterocycles. The summed E-state index contributed by atoms with van der Waals surface area (Å²) in [6, 6.07) is 15.4. The van der Waals surface area contributed by atoms with Gasteiger partial charge in [0.05, 0.1) is 30.3 Å². The van der Waals surface area contributed by atoms with Crippen LogP contribution in [0.25, 0.3) is 22.0 Å². The van der Waals surface area contributed by atoms with Crippen LogP contribution in [0.15, 0.2) is 85.6 Å². The second-order valence-corrected chi connectivity index (χ2v) is 11.4. The van der Waals surface area contributed by atoms with Gasteiger partial charge in [0.1, 0.15) is 25.1 Å². The average molecular weight is 642 g/mol. The highest BCUT2D eigenvalue weighted by molar-refractivity contribution is 6.33. The topological polar surface area (TPSA) is 100 Å². The maximum Gasteiger partial charge on any atom is 0.247 e. The monoisotopic (exact) mass is 641 g/mol. The molecular formula is C34H28ClF2N6O3. The lowest BCUT2D eigenvalue weighted by atomic mass is 10.0. The van der Waals surface area contributed by atoms with Crippen LogP contribution in [-0.2, 0) is 16.1 Å². The zero-order valence-corrected chi connectivity index (χ0v) is 25.4. The van der Waals surface area contributed by atoms with Crippen molar-refractivity contribution in [2.75, 3.05) is 16.8 Å². The number of carbonyl (C=O) groups is 3. The Bertz CT molecular complexity index is 1970. The van der Waals surface area contributed by atoms with Crippen LogP contribution in [0.1, 0.15) is 23.7 Å². The number of hydrogen-bond acceptors (Lipinski definition) is 6. The lowest BCUT2D eigenvalue weighted by Gasteiger charge is -2.24. The highest BCUT2D eigenvalue weighted by atomic mass is 35.5. The standard InChI is InChI=1S/C34H28ClF2N6O3/c1-20(44)27-17-42(30-11-10-22(13-26(27)30)41(2)23-14-38-19-39-15-23)18-32(45)43-16-21(36)12-31(43)34(46)40-29-9-5-7-25(33(29)37)24-6-3-4-8-28(24)35/h3-11,13-15,17,19,21,31H,2,12,16,18H2,1H3,(H,40,46)/t21-,31+/m1/s1. The Morgan fingerprint density at radius 3 is 2.52 bits per heavy atom. The van der Waals surface area contributed by atoms with Gasteiger partial charge in [0.2, 0.25) is 11.8 Å². The molecule has 1 saturated heterocycles. The van der Waals surface area contributed by atoms with Gasteiger partial charge in [-0.3, -0.25) is 14.4 Å². The molecule has 6 rings (SSSR count). The van der Waals surface area contributed by atoms with Crippen LogP contribution in [0.5, 0.6) is 0 Å². The van der Waals surface area contributed by atoms with Crippen molar-refractivity contribution in [1.29, 1.82) is 0 Å². The van der Waals surface area contributed by atoms with Crippen molar-refractivity contribution >= 4 is 57.2 Å².